The maximum absolute atomic E-state index is 4.48. The molecule has 0 amide bonds. The van der Waals surface area contributed by atoms with E-state index in [1.807, 2.05) is 5.51 Å². The van der Waals surface area contributed by atoms with E-state index in [0.29, 0.717) is 11.5 Å². The first-order chi connectivity index (χ1) is 8.17. The van der Waals surface area contributed by atoms with E-state index in [0.717, 1.165) is 11.8 Å². The van der Waals surface area contributed by atoms with Gasteiger partial charge in [-0.3, -0.25) is 0 Å². The van der Waals surface area contributed by atoms with Gasteiger partial charge < -0.3 is 5.32 Å². The Morgan fingerprint density at radius 3 is 2.82 bits per heavy atom. The normalized spacial score (nSPS) is 35.2. The predicted octanol–water partition coefficient (Wildman–Crippen LogP) is 3.10. The Balaban J connectivity index is 1.68. The molecule has 1 aromatic heterocycles. The molecule has 3 heteroatoms. The Morgan fingerprint density at radius 1 is 1.47 bits per heavy atom. The van der Waals surface area contributed by atoms with Crippen LogP contribution in [-0.2, 0) is 6.42 Å². The largest absolute Gasteiger partial charge is 0.314 e. The zero-order valence-electron chi connectivity index (χ0n) is 10.8. The zero-order chi connectivity index (χ0) is 11.9. The van der Waals surface area contributed by atoms with Gasteiger partial charge in [0.1, 0.15) is 0 Å². The highest BCUT2D eigenvalue weighted by Gasteiger charge is 2.53. The van der Waals surface area contributed by atoms with Crippen LogP contribution in [0.1, 0.15) is 38.8 Å². The molecule has 2 unspecified atom stereocenters. The summed E-state index contributed by atoms with van der Waals surface area (Å²) in [7, 11) is 0. The summed E-state index contributed by atoms with van der Waals surface area (Å²) in [6.45, 7) is 5.66. The van der Waals surface area contributed by atoms with Gasteiger partial charge in [0.2, 0.25) is 0 Å². The molecule has 0 aromatic carbocycles. The molecule has 0 aliphatic heterocycles. The quantitative estimate of drug-likeness (QED) is 0.868. The van der Waals surface area contributed by atoms with Gasteiger partial charge in [0, 0.05) is 18.0 Å². The lowest BCUT2D eigenvalue weighted by Crippen LogP contribution is -2.38. The summed E-state index contributed by atoms with van der Waals surface area (Å²) in [5.41, 5.74) is 3.78. The van der Waals surface area contributed by atoms with E-state index in [-0.39, 0.29) is 0 Å². The Hall–Kier alpha value is -0.410. The second kappa shape index (κ2) is 4.36. The van der Waals surface area contributed by atoms with Crippen molar-refractivity contribution in [1.82, 2.24) is 10.3 Å². The van der Waals surface area contributed by atoms with Crippen LogP contribution in [-0.4, -0.2) is 17.6 Å². The summed E-state index contributed by atoms with van der Waals surface area (Å²) in [4.78, 5) is 4.48. The number of nitrogens with one attached hydrogen (secondary N) is 1. The van der Waals surface area contributed by atoms with Crippen molar-refractivity contribution >= 4 is 11.3 Å². The minimum Gasteiger partial charge on any atom is -0.314 e. The molecule has 0 saturated heterocycles. The number of thiazole rings is 1. The molecule has 1 N–H and O–H groups in total. The van der Waals surface area contributed by atoms with Crippen molar-refractivity contribution in [3.05, 3.63) is 16.6 Å². The number of hydrogen-bond acceptors (Lipinski definition) is 3. The van der Waals surface area contributed by atoms with Gasteiger partial charge in [-0.1, -0.05) is 13.8 Å². The lowest BCUT2D eigenvalue weighted by molar-refractivity contribution is 0.239. The molecular formula is C14H22N2S. The Labute approximate surface area is 108 Å². The minimum atomic E-state index is 0.506. The van der Waals surface area contributed by atoms with Crippen LogP contribution in [0.15, 0.2) is 10.9 Å². The first-order valence-corrected chi connectivity index (χ1v) is 7.72. The molecule has 2 atom stereocenters. The van der Waals surface area contributed by atoms with Crippen molar-refractivity contribution in [2.24, 2.45) is 17.3 Å². The summed E-state index contributed by atoms with van der Waals surface area (Å²) in [5.74, 6) is 2.09. The topological polar surface area (TPSA) is 24.9 Å². The first kappa shape index (κ1) is 11.7. The Morgan fingerprint density at radius 2 is 2.24 bits per heavy atom. The van der Waals surface area contributed by atoms with Crippen molar-refractivity contribution in [3.8, 4) is 0 Å². The third kappa shape index (κ3) is 2.55. The number of fused-ring (bicyclic) bond motifs is 1. The van der Waals surface area contributed by atoms with Gasteiger partial charge in [0.25, 0.3) is 0 Å². The van der Waals surface area contributed by atoms with Crippen molar-refractivity contribution in [2.45, 2.75) is 45.6 Å². The van der Waals surface area contributed by atoms with Crippen molar-refractivity contribution in [1.29, 1.82) is 0 Å². The Kier molecular flexibility index (Phi) is 2.99. The fourth-order valence-electron chi connectivity index (χ4n) is 3.49. The van der Waals surface area contributed by atoms with Gasteiger partial charge in [-0.05, 0) is 42.9 Å². The molecule has 0 spiro atoms. The molecule has 2 nitrogen and oxygen atoms in total. The molecule has 0 bridgehead atoms. The average Bonchev–Trinajstić information content (AvgIpc) is 2.73. The van der Waals surface area contributed by atoms with Crippen molar-refractivity contribution < 1.29 is 0 Å². The smallest absolute Gasteiger partial charge is 0.0794 e. The summed E-state index contributed by atoms with van der Waals surface area (Å²) in [6.07, 6.45) is 5.54. The zero-order valence-corrected chi connectivity index (χ0v) is 11.6. The summed E-state index contributed by atoms with van der Waals surface area (Å²) in [6, 6.07) is 0.597. The van der Waals surface area contributed by atoms with Gasteiger partial charge in [-0.2, -0.15) is 0 Å². The van der Waals surface area contributed by atoms with Gasteiger partial charge >= 0.3 is 0 Å². The third-order valence-electron chi connectivity index (χ3n) is 4.38. The standard InChI is InChI=1S/C14H22N2S/c1-10(2)15-8-14(4-11-3-12(11)5-14)6-13-7-17-9-16-13/h7,9-12,15H,3-6,8H2,1-2H3. The highest BCUT2D eigenvalue weighted by Crippen LogP contribution is 2.60. The molecule has 2 aliphatic carbocycles. The second-order valence-corrected chi connectivity index (χ2v) is 7.07. The van der Waals surface area contributed by atoms with Crippen LogP contribution in [0.5, 0.6) is 0 Å². The molecule has 0 radical (unpaired) electrons. The maximum Gasteiger partial charge on any atom is 0.0794 e. The van der Waals surface area contributed by atoms with E-state index in [4.69, 9.17) is 0 Å². The predicted molar refractivity (Wildman–Crippen MR) is 72.2 cm³/mol. The highest BCUT2D eigenvalue weighted by atomic mass is 32.1. The number of hydrogen-bond donors (Lipinski definition) is 1. The van der Waals surface area contributed by atoms with E-state index in [1.54, 1.807) is 11.3 Å². The van der Waals surface area contributed by atoms with Gasteiger partial charge in [-0.25, -0.2) is 4.98 Å². The van der Waals surface area contributed by atoms with Crippen LogP contribution in [0.3, 0.4) is 0 Å². The van der Waals surface area contributed by atoms with Crippen LogP contribution in [0.2, 0.25) is 0 Å². The third-order valence-corrected chi connectivity index (χ3v) is 5.02. The fraction of sp³-hybridized carbons (Fsp3) is 0.786. The fourth-order valence-corrected chi connectivity index (χ4v) is 4.05. The van der Waals surface area contributed by atoms with Gasteiger partial charge in [-0.15, -0.1) is 11.3 Å². The summed E-state index contributed by atoms with van der Waals surface area (Å²) in [5, 5.41) is 5.88. The molecule has 94 valence electrons. The van der Waals surface area contributed by atoms with Crippen LogP contribution >= 0.6 is 11.3 Å². The van der Waals surface area contributed by atoms with Crippen LogP contribution in [0.4, 0.5) is 0 Å². The second-order valence-electron chi connectivity index (χ2n) is 6.36. The molecule has 17 heavy (non-hydrogen) atoms. The molecule has 1 heterocycles. The SMILES string of the molecule is CC(C)NCC1(Cc2cscn2)CC2CC2C1. The average molecular weight is 250 g/mol. The first-order valence-electron chi connectivity index (χ1n) is 6.77. The maximum atomic E-state index is 4.48. The van der Waals surface area contributed by atoms with Crippen LogP contribution < -0.4 is 5.32 Å². The number of aromatic nitrogens is 1. The van der Waals surface area contributed by atoms with E-state index in [9.17, 15) is 0 Å². The van der Waals surface area contributed by atoms with Gasteiger partial charge in [0.05, 0.1) is 11.2 Å². The lowest BCUT2D eigenvalue weighted by Gasteiger charge is -2.31. The van der Waals surface area contributed by atoms with Crippen LogP contribution in [0, 0.1) is 17.3 Å². The van der Waals surface area contributed by atoms with E-state index < -0.39 is 0 Å². The molecule has 2 saturated carbocycles. The minimum absolute atomic E-state index is 0.506. The molecule has 2 aliphatic rings. The summed E-state index contributed by atoms with van der Waals surface area (Å²) >= 11 is 1.73. The van der Waals surface area contributed by atoms with Crippen molar-refractivity contribution in [2.75, 3.05) is 6.54 Å². The van der Waals surface area contributed by atoms with E-state index in [1.165, 1.54) is 37.9 Å². The van der Waals surface area contributed by atoms with Crippen molar-refractivity contribution in [3.63, 3.8) is 0 Å². The molecule has 1 aromatic rings. The lowest BCUT2D eigenvalue weighted by atomic mass is 9.78. The molecular weight excluding hydrogens is 228 g/mol. The Bertz CT molecular complexity index is 362. The monoisotopic (exact) mass is 250 g/mol. The summed E-state index contributed by atoms with van der Waals surface area (Å²) < 4.78 is 0. The molecule has 3 rings (SSSR count). The number of nitrogens with zero attached hydrogens (tertiary/aromatic N) is 1. The highest BCUT2D eigenvalue weighted by molar-refractivity contribution is 7.07. The van der Waals surface area contributed by atoms with E-state index >= 15 is 0 Å². The van der Waals surface area contributed by atoms with Crippen LogP contribution in [0.25, 0.3) is 0 Å². The van der Waals surface area contributed by atoms with E-state index in [2.05, 4.69) is 29.5 Å². The van der Waals surface area contributed by atoms with Gasteiger partial charge in [0.15, 0.2) is 0 Å². The molecule has 2 fully saturated rings. The number of rotatable bonds is 5.